The molecule has 0 bridgehead atoms. The molecule has 2 aromatic heterocycles. The Bertz CT molecular complexity index is 724. The van der Waals surface area contributed by atoms with E-state index in [-0.39, 0.29) is 30.3 Å². The largest absolute Gasteiger partial charge is 0.394 e. The molecule has 3 atom stereocenters. The molecule has 1 aliphatic rings. The summed E-state index contributed by atoms with van der Waals surface area (Å²) in [7, 11) is 0. The Balaban J connectivity index is 2.14. The minimum Gasteiger partial charge on any atom is -0.394 e. The number of hydrogen-bond acceptors (Lipinski definition) is 8. The van der Waals surface area contributed by atoms with Crippen LogP contribution < -0.4 is 5.73 Å². The van der Waals surface area contributed by atoms with E-state index in [0.717, 1.165) is 0 Å². The normalized spacial score (nSPS) is 25.1. The molecule has 21 heavy (non-hydrogen) atoms. The first kappa shape index (κ1) is 13.5. The van der Waals surface area contributed by atoms with Gasteiger partial charge >= 0.3 is 0 Å². The number of hydrogen-bond donors (Lipinski definition) is 3. The quantitative estimate of drug-likeness (QED) is 0.406. The molecule has 2 aromatic rings. The van der Waals surface area contributed by atoms with Crippen molar-refractivity contribution in [1.82, 2.24) is 19.5 Å². The number of nitrogens with two attached hydrogens (primary N) is 1. The molecule has 0 aliphatic carbocycles. The predicted molar refractivity (Wildman–Crippen MR) is 70.2 cm³/mol. The first-order chi connectivity index (χ1) is 10.2. The van der Waals surface area contributed by atoms with Gasteiger partial charge in [0.15, 0.2) is 17.0 Å². The molecule has 0 amide bonds. The Morgan fingerprint density at radius 2 is 2.38 bits per heavy atom. The summed E-state index contributed by atoms with van der Waals surface area (Å²) in [6, 6.07) is 0. The van der Waals surface area contributed by atoms with Crippen LogP contribution >= 0.6 is 0 Å². The lowest BCUT2D eigenvalue weighted by Gasteiger charge is -2.14. The van der Waals surface area contributed by atoms with Gasteiger partial charge in [0.1, 0.15) is 18.7 Å². The summed E-state index contributed by atoms with van der Waals surface area (Å²) in [5.41, 5.74) is 15.0. The monoisotopic (exact) mass is 292 g/mol. The van der Waals surface area contributed by atoms with Gasteiger partial charge in [-0.1, -0.05) is 0 Å². The molecule has 0 radical (unpaired) electrons. The molecule has 0 saturated carbocycles. The molecule has 0 aromatic carbocycles. The second-order valence-corrected chi connectivity index (χ2v) is 4.52. The van der Waals surface area contributed by atoms with Crippen molar-refractivity contribution in [3.8, 4) is 0 Å². The van der Waals surface area contributed by atoms with Crippen LogP contribution in [0, 0.1) is 0 Å². The number of nitrogen functional groups attached to an aromatic ring is 1. The van der Waals surface area contributed by atoms with Crippen LogP contribution in [0.25, 0.3) is 21.6 Å². The van der Waals surface area contributed by atoms with E-state index in [1.54, 1.807) is 0 Å². The van der Waals surface area contributed by atoms with Gasteiger partial charge in [0, 0.05) is 11.3 Å². The lowest BCUT2D eigenvalue weighted by Crippen LogP contribution is -2.24. The van der Waals surface area contributed by atoms with Crippen LogP contribution in [0.4, 0.5) is 11.8 Å². The third kappa shape index (κ3) is 2.14. The fourth-order valence-corrected chi connectivity index (χ4v) is 2.33. The average molecular weight is 292 g/mol. The van der Waals surface area contributed by atoms with Crippen molar-refractivity contribution >= 4 is 22.9 Å². The van der Waals surface area contributed by atoms with Crippen molar-refractivity contribution in [2.45, 2.75) is 24.9 Å². The van der Waals surface area contributed by atoms with Gasteiger partial charge in [-0.25, -0.2) is 15.0 Å². The van der Waals surface area contributed by atoms with Gasteiger partial charge < -0.3 is 20.7 Å². The highest BCUT2D eigenvalue weighted by molar-refractivity contribution is 5.83. The smallest absolute Gasteiger partial charge is 0.201 e. The van der Waals surface area contributed by atoms with E-state index in [1.807, 2.05) is 0 Å². The van der Waals surface area contributed by atoms with Crippen LogP contribution in [0.2, 0.25) is 0 Å². The first-order valence-electron chi connectivity index (χ1n) is 6.13. The van der Waals surface area contributed by atoms with E-state index >= 15 is 0 Å². The molecule has 3 heterocycles. The van der Waals surface area contributed by atoms with Crippen LogP contribution in [-0.2, 0) is 4.74 Å². The van der Waals surface area contributed by atoms with Crippen LogP contribution in [0.1, 0.15) is 12.6 Å². The fourth-order valence-electron chi connectivity index (χ4n) is 2.33. The number of fused-ring (bicyclic) bond motifs is 1. The van der Waals surface area contributed by atoms with Gasteiger partial charge in [-0.2, -0.15) is 0 Å². The van der Waals surface area contributed by atoms with Crippen LogP contribution in [-0.4, -0.2) is 48.5 Å². The van der Waals surface area contributed by atoms with Crippen molar-refractivity contribution in [3.05, 3.63) is 16.8 Å². The molecule has 1 fully saturated rings. The zero-order valence-electron chi connectivity index (χ0n) is 10.7. The van der Waals surface area contributed by atoms with E-state index in [0.29, 0.717) is 5.65 Å². The van der Waals surface area contributed by atoms with Crippen LogP contribution in [0.3, 0.4) is 0 Å². The molecule has 11 heteroatoms. The third-order valence-corrected chi connectivity index (χ3v) is 3.29. The summed E-state index contributed by atoms with van der Waals surface area (Å²) in [6.45, 7) is -0.321. The maximum atomic E-state index is 9.83. The fraction of sp³-hybridized carbons (Fsp3) is 0.500. The first-order valence-corrected chi connectivity index (χ1v) is 6.13. The Morgan fingerprint density at radius 1 is 1.57 bits per heavy atom. The molecule has 4 N–H and O–H groups in total. The highest BCUT2D eigenvalue weighted by atomic mass is 16.5. The van der Waals surface area contributed by atoms with Gasteiger partial charge in [0.2, 0.25) is 5.95 Å². The van der Waals surface area contributed by atoms with E-state index in [4.69, 9.17) is 21.1 Å². The maximum absolute atomic E-state index is 9.83. The van der Waals surface area contributed by atoms with Crippen molar-refractivity contribution in [2.75, 3.05) is 12.3 Å². The number of nitrogens with zero attached hydrogens (tertiary/aromatic N) is 7. The van der Waals surface area contributed by atoms with Crippen LogP contribution in [0.15, 0.2) is 11.4 Å². The van der Waals surface area contributed by atoms with E-state index in [2.05, 4.69) is 25.0 Å². The van der Waals surface area contributed by atoms with Crippen molar-refractivity contribution in [1.29, 1.82) is 0 Å². The highest BCUT2D eigenvalue weighted by Crippen LogP contribution is 2.35. The molecule has 3 unspecified atom stereocenters. The Hall–Kier alpha value is -2.46. The predicted octanol–water partition coefficient (Wildman–Crippen LogP) is -0.00900. The topological polar surface area (TPSA) is 168 Å². The lowest BCUT2D eigenvalue weighted by molar-refractivity contribution is -0.0426. The van der Waals surface area contributed by atoms with Gasteiger partial charge in [0.25, 0.3) is 0 Å². The minimum atomic E-state index is -0.837. The summed E-state index contributed by atoms with van der Waals surface area (Å²) >= 11 is 0. The minimum absolute atomic E-state index is 0.00971. The molecule has 1 aliphatic heterocycles. The zero-order chi connectivity index (χ0) is 15.0. The Morgan fingerprint density at radius 3 is 3.05 bits per heavy atom. The Labute approximate surface area is 117 Å². The zero-order valence-corrected chi connectivity index (χ0v) is 10.7. The number of aliphatic hydroxyl groups excluding tert-OH is 2. The standard InChI is InChI=1S/C10H12N8O3/c11-8-7-9(14-3-13-8)18(10(15-7)16-17-12)6-1-4(20)5(2-19)21-6/h3-6,19-20H,1-2H2,(H2,11,13,14). The van der Waals surface area contributed by atoms with Crippen LogP contribution in [0.5, 0.6) is 0 Å². The summed E-state index contributed by atoms with van der Waals surface area (Å²) in [5.74, 6) is 0.154. The van der Waals surface area contributed by atoms with Gasteiger partial charge in [0.05, 0.1) is 12.7 Å². The summed E-state index contributed by atoms with van der Waals surface area (Å²) < 4.78 is 6.98. The maximum Gasteiger partial charge on any atom is 0.201 e. The molecule has 3 rings (SSSR count). The summed E-state index contributed by atoms with van der Waals surface area (Å²) in [5, 5.41) is 22.5. The molecule has 110 valence electrons. The summed E-state index contributed by atoms with van der Waals surface area (Å²) in [4.78, 5) is 14.7. The van der Waals surface area contributed by atoms with Gasteiger partial charge in [-0.05, 0) is 10.6 Å². The number of imidazole rings is 1. The second-order valence-electron chi connectivity index (χ2n) is 4.52. The number of azide groups is 1. The van der Waals surface area contributed by atoms with Gasteiger partial charge in [-0.3, -0.25) is 4.57 Å². The SMILES string of the molecule is [N-]=[N+]=Nc1nc2c(N)ncnc2n1C1CC(O)C(CO)O1. The van der Waals surface area contributed by atoms with Crippen molar-refractivity contribution < 1.29 is 14.9 Å². The lowest BCUT2D eigenvalue weighted by atomic mass is 10.2. The van der Waals surface area contributed by atoms with Crippen molar-refractivity contribution in [2.24, 2.45) is 5.11 Å². The molecule has 0 spiro atoms. The molecular weight excluding hydrogens is 280 g/mol. The number of anilines is 1. The number of ether oxygens (including phenoxy) is 1. The van der Waals surface area contributed by atoms with E-state index in [9.17, 15) is 5.11 Å². The Kier molecular flexibility index (Phi) is 3.31. The second kappa shape index (κ2) is 5.14. The third-order valence-electron chi connectivity index (χ3n) is 3.29. The van der Waals surface area contributed by atoms with Crippen molar-refractivity contribution in [3.63, 3.8) is 0 Å². The molecule has 1 saturated heterocycles. The number of rotatable bonds is 3. The van der Waals surface area contributed by atoms with Gasteiger partial charge in [-0.15, -0.1) is 0 Å². The number of aliphatic hydroxyl groups is 2. The molecule has 11 nitrogen and oxygen atoms in total. The highest BCUT2D eigenvalue weighted by Gasteiger charge is 2.36. The molecular formula is C10H12N8O3. The number of aromatic nitrogens is 4. The van der Waals surface area contributed by atoms with E-state index in [1.165, 1.54) is 10.9 Å². The van der Waals surface area contributed by atoms with E-state index < -0.39 is 18.4 Å². The average Bonchev–Trinajstić information content (AvgIpc) is 3.00. The summed E-state index contributed by atoms with van der Waals surface area (Å²) in [6.07, 6.45) is -0.767.